The number of nitrogens with one attached hydrogen (secondary N) is 3. The highest BCUT2D eigenvalue weighted by atomic mass is 32.1. The molecule has 9 heteroatoms. The summed E-state index contributed by atoms with van der Waals surface area (Å²) >= 11 is 1.49. The maximum absolute atomic E-state index is 13.1. The maximum Gasteiger partial charge on any atom is 0.273 e. The van der Waals surface area contributed by atoms with Gasteiger partial charge in [-0.3, -0.25) is 14.6 Å². The van der Waals surface area contributed by atoms with Crippen LogP contribution in [-0.2, 0) is 12.0 Å². The van der Waals surface area contributed by atoms with E-state index in [4.69, 9.17) is 0 Å². The number of hydrogen-bond donors (Lipinski definition) is 3. The number of aromatic nitrogens is 3. The molecule has 1 aliphatic carbocycles. The number of pyridine rings is 1. The van der Waals surface area contributed by atoms with Gasteiger partial charge < -0.3 is 20.5 Å². The van der Waals surface area contributed by atoms with Gasteiger partial charge in [0, 0.05) is 67.2 Å². The highest BCUT2D eigenvalue weighted by molar-refractivity contribution is 7.13. The van der Waals surface area contributed by atoms with Gasteiger partial charge in [0.25, 0.3) is 11.8 Å². The van der Waals surface area contributed by atoms with Crippen molar-refractivity contribution >= 4 is 23.2 Å². The molecular weight excluding hydrogens is 556 g/mol. The zero-order valence-corrected chi connectivity index (χ0v) is 26.2. The summed E-state index contributed by atoms with van der Waals surface area (Å²) in [4.78, 5) is 40.3. The minimum Gasteiger partial charge on any atom is -0.354 e. The molecule has 3 aromatic heterocycles. The lowest BCUT2D eigenvalue weighted by atomic mass is 9.78. The second-order valence-electron chi connectivity index (χ2n) is 12.7. The summed E-state index contributed by atoms with van der Waals surface area (Å²) < 4.78 is 0. The fourth-order valence-corrected chi connectivity index (χ4v) is 8.12. The Kier molecular flexibility index (Phi) is 9.88. The number of nitrogens with zero attached hydrogens (tertiary/aromatic N) is 3. The van der Waals surface area contributed by atoms with Gasteiger partial charge >= 0.3 is 0 Å². The summed E-state index contributed by atoms with van der Waals surface area (Å²) in [5.74, 6) is 0.686. The first-order valence-corrected chi connectivity index (χ1v) is 17.4. The number of H-pyrrole nitrogens is 1. The second-order valence-corrected chi connectivity index (χ2v) is 13.6. The van der Waals surface area contributed by atoms with Crippen LogP contribution in [0.5, 0.6) is 0 Å². The lowest BCUT2D eigenvalue weighted by Crippen LogP contribution is -2.47. The Hall–Kier alpha value is -3.04. The highest BCUT2D eigenvalue weighted by Gasteiger charge is 2.37. The zero-order chi connectivity index (χ0) is 29.5. The molecule has 3 N–H and O–H groups in total. The van der Waals surface area contributed by atoms with Crippen molar-refractivity contribution in [2.45, 2.75) is 95.4 Å². The number of piperidine rings is 1. The normalized spacial score (nSPS) is 19.3. The first-order chi connectivity index (χ1) is 21.1. The van der Waals surface area contributed by atoms with Crippen LogP contribution in [0.2, 0.25) is 0 Å². The van der Waals surface area contributed by atoms with E-state index in [1.165, 1.54) is 74.0 Å². The summed E-state index contributed by atoms with van der Waals surface area (Å²) in [6, 6.07) is 6.00. The molecule has 43 heavy (non-hydrogen) atoms. The molecule has 0 bridgehead atoms. The van der Waals surface area contributed by atoms with E-state index in [2.05, 4.69) is 31.7 Å². The first kappa shape index (κ1) is 30.0. The summed E-state index contributed by atoms with van der Waals surface area (Å²) in [5, 5.41) is 9.74. The molecule has 0 aromatic carbocycles. The number of carbonyl (C=O) groups excluding carboxylic acids is 2. The van der Waals surface area contributed by atoms with Crippen molar-refractivity contribution < 1.29 is 9.59 Å². The minimum atomic E-state index is 0.0214. The standard InChI is InChI=1S/C34H46N6O2S/c41-31(29-22-27-28(38-29)12-19-37-34(27)15-6-3-1-2-4-7-16-34)36-18-8-5-10-25-13-20-40(21-14-25)33(42)30-24-43-32(39-30)26-11-9-17-35-23-26/h9,11,17,22-25,37-38H,1-8,10,12-16,18-21H2,(H,36,41). The molecule has 1 saturated carbocycles. The molecule has 6 rings (SSSR count). The quantitative estimate of drug-likeness (QED) is 0.257. The maximum atomic E-state index is 13.1. The van der Waals surface area contributed by atoms with Gasteiger partial charge in [0.05, 0.1) is 0 Å². The molecule has 8 nitrogen and oxygen atoms in total. The molecular formula is C34H46N6O2S. The summed E-state index contributed by atoms with van der Waals surface area (Å²) in [6.45, 7) is 3.26. The van der Waals surface area contributed by atoms with Crippen LogP contribution in [0.1, 0.15) is 116 Å². The number of hydrogen-bond acceptors (Lipinski definition) is 6. The van der Waals surface area contributed by atoms with Gasteiger partial charge in [-0.1, -0.05) is 51.4 Å². The topological polar surface area (TPSA) is 103 Å². The van der Waals surface area contributed by atoms with E-state index >= 15 is 0 Å². The van der Waals surface area contributed by atoms with Crippen molar-refractivity contribution in [1.82, 2.24) is 30.5 Å². The Morgan fingerprint density at radius 2 is 1.86 bits per heavy atom. The Bertz CT molecular complexity index is 1350. The molecule has 2 fully saturated rings. The van der Waals surface area contributed by atoms with E-state index in [0.717, 1.165) is 74.4 Å². The van der Waals surface area contributed by atoms with Crippen LogP contribution in [0.15, 0.2) is 36.0 Å². The van der Waals surface area contributed by atoms with Gasteiger partial charge in [-0.15, -0.1) is 11.3 Å². The largest absolute Gasteiger partial charge is 0.354 e. The molecule has 5 heterocycles. The van der Waals surface area contributed by atoms with Crippen molar-refractivity contribution in [2.75, 3.05) is 26.2 Å². The monoisotopic (exact) mass is 602 g/mol. The van der Waals surface area contributed by atoms with Gasteiger partial charge in [-0.05, 0) is 61.8 Å². The molecule has 3 aromatic rings. The van der Waals surface area contributed by atoms with Crippen LogP contribution in [-0.4, -0.2) is 57.8 Å². The Balaban J connectivity index is 0.917. The number of fused-ring (bicyclic) bond motifs is 2. The molecule has 0 radical (unpaired) electrons. The number of likely N-dealkylation sites (tertiary alicyclic amines) is 1. The number of unbranched alkanes of at least 4 members (excludes halogenated alkanes) is 1. The summed E-state index contributed by atoms with van der Waals surface area (Å²) in [7, 11) is 0. The molecule has 0 atom stereocenters. The van der Waals surface area contributed by atoms with E-state index in [9.17, 15) is 9.59 Å². The Labute approximate surface area is 259 Å². The third-order valence-electron chi connectivity index (χ3n) is 9.81. The predicted octanol–water partition coefficient (Wildman–Crippen LogP) is 6.46. The number of rotatable bonds is 8. The third kappa shape index (κ3) is 7.20. The van der Waals surface area contributed by atoms with Gasteiger partial charge in [0.1, 0.15) is 16.4 Å². The van der Waals surface area contributed by atoms with Gasteiger partial charge in [-0.25, -0.2) is 4.98 Å². The highest BCUT2D eigenvalue weighted by Crippen LogP contribution is 2.39. The molecule has 3 aliphatic rings. The predicted molar refractivity (Wildman–Crippen MR) is 171 cm³/mol. The molecule has 1 spiro atoms. The third-order valence-corrected chi connectivity index (χ3v) is 10.7. The van der Waals surface area contributed by atoms with Crippen molar-refractivity contribution in [3.05, 3.63) is 58.6 Å². The van der Waals surface area contributed by atoms with Crippen LogP contribution < -0.4 is 10.6 Å². The first-order valence-electron chi connectivity index (χ1n) is 16.5. The lowest BCUT2D eigenvalue weighted by molar-refractivity contribution is 0.0680. The zero-order valence-electron chi connectivity index (χ0n) is 25.3. The van der Waals surface area contributed by atoms with Gasteiger partial charge in [-0.2, -0.15) is 0 Å². The number of aromatic amines is 1. The Morgan fingerprint density at radius 3 is 2.63 bits per heavy atom. The minimum absolute atomic E-state index is 0.0214. The molecule has 230 valence electrons. The Morgan fingerprint density at radius 1 is 1.07 bits per heavy atom. The average Bonchev–Trinajstić information content (AvgIpc) is 3.73. The summed E-state index contributed by atoms with van der Waals surface area (Å²) in [5.41, 5.74) is 4.84. The van der Waals surface area contributed by atoms with E-state index in [0.29, 0.717) is 18.2 Å². The molecule has 1 saturated heterocycles. The second kappa shape index (κ2) is 14.2. The van der Waals surface area contributed by atoms with Crippen molar-refractivity contribution in [3.63, 3.8) is 0 Å². The van der Waals surface area contributed by atoms with Crippen LogP contribution in [0, 0.1) is 5.92 Å². The summed E-state index contributed by atoms with van der Waals surface area (Å²) in [6.07, 6.45) is 19.9. The SMILES string of the molecule is O=C(NCCCCC1CCN(C(=O)c2csc(-c3cccnc3)n2)CC1)c1cc2c([nH]1)CCNC21CCCCCCCC1. The smallest absolute Gasteiger partial charge is 0.273 e. The average molecular weight is 603 g/mol. The number of amides is 2. The molecule has 2 amide bonds. The van der Waals surface area contributed by atoms with Crippen molar-refractivity contribution in [1.29, 1.82) is 0 Å². The van der Waals surface area contributed by atoms with Crippen LogP contribution in [0.4, 0.5) is 0 Å². The van der Waals surface area contributed by atoms with Gasteiger partial charge in [0.15, 0.2) is 0 Å². The number of thiazole rings is 1. The lowest BCUT2D eigenvalue weighted by Gasteiger charge is -2.39. The van der Waals surface area contributed by atoms with Crippen molar-refractivity contribution in [2.24, 2.45) is 5.92 Å². The van der Waals surface area contributed by atoms with Crippen LogP contribution in [0.25, 0.3) is 10.6 Å². The van der Waals surface area contributed by atoms with Gasteiger partial charge in [0.2, 0.25) is 0 Å². The van der Waals surface area contributed by atoms with E-state index in [1.807, 2.05) is 22.4 Å². The molecule has 0 unspecified atom stereocenters. The van der Waals surface area contributed by atoms with Crippen LogP contribution in [0.3, 0.4) is 0 Å². The van der Waals surface area contributed by atoms with E-state index in [1.54, 1.807) is 12.4 Å². The van der Waals surface area contributed by atoms with E-state index < -0.39 is 0 Å². The molecule has 2 aliphatic heterocycles. The van der Waals surface area contributed by atoms with E-state index in [-0.39, 0.29) is 17.4 Å². The van der Waals surface area contributed by atoms with Crippen LogP contribution >= 0.6 is 11.3 Å². The fraction of sp³-hybridized carbons (Fsp3) is 0.588. The van der Waals surface area contributed by atoms with Crippen molar-refractivity contribution in [3.8, 4) is 10.6 Å². The fourth-order valence-electron chi connectivity index (χ4n) is 7.33. The number of carbonyl (C=O) groups is 2.